The van der Waals surface area contributed by atoms with Crippen LogP contribution in [0.5, 0.6) is 0 Å². The summed E-state index contributed by atoms with van der Waals surface area (Å²) in [6.07, 6.45) is -3.18. The van der Waals surface area contributed by atoms with Crippen LogP contribution in [-0.4, -0.2) is 15.0 Å². The molecule has 0 saturated heterocycles. The van der Waals surface area contributed by atoms with Gasteiger partial charge in [0.1, 0.15) is 12.4 Å². The third-order valence-electron chi connectivity index (χ3n) is 6.49. The molecule has 5 nitrogen and oxygen atoms in total. The topological polar surface area (TPSA) is 59.9 Å². The summed E-state index contributed by atoms with van der Waals surface area (Å²) in [5.74, 6) is 0.946. The van der Waals surface area contributed by atoms with Crippen molar-refractivity contribution in [2.45, 2.75) is 45.6 Å². The van der Waals surface area contributed by atoms with E-state index in [9.17, 15) is 13.2 Å². The molecule has 2 aromatic heterocycles. The Morgan fingerprint density at radius 2 is 1.55 bits per heavy atom. The number of pyridine rings is 1. The van der Waals surface area contributed by atoms with E-state index in [1.54, 1.807) is 18.2 Å². The van der Waals surface area contributed by atoms with Crippen LogP contribution in [0.25, 0.3) is 22.2 Å². The fraction of sp³-hybridized carbons (Fsp3) is 0.219. The highest BCUT2D eigenvalue weighted by Crippen LogP contribution is 2.37. The number of hydrogen-bond donors (Lipinski definition) is 1. The van der Waals surface area contributed by atoms with Crippen LogP contribution in [0.15, 0.2) is 91.1 Å². The summed E-state index contributed by atoms with van der Waals surface area (Å²) in [5, 5.41) is 4.03. The number of alkyl halides is 3. The first-order chi connectivity index (χ1) is 19.1. The lowest BCUT2D eigenvalue weighted by Gasteiger charge is -2.19. The number of ether oxygens (including phenoxy) is 1. The monoisotopic (exact) mass is 542 g/mol. The van der Waals surface area contributed by atoms with Gasteiger partial charge in [0.15, 0.2) is 5.82 Å². The van der Waals surface area contributed by atoms with Gasteiger partial charge in [-0.2, -0.15) is 13.2 Å². The number of benzene rings is 3. The predicted molar refractivity (Wildman–Crippen MR) is 151 cm³/mol. The van der Waals surface area contributed by atoms with Crippen molar-refractivity contribution in [2.75, 3.05) is 5.32 Å². The summed E-state index contributed by atoms with van der Waals surface area (Å²) in [7, 11) is 0. The van der Waals surface area contributed by atoms with E-state index in [1.807, 2.05) is 42.5 Å². The van der Waals surface area contributed by atoms with E-state index in [0.717, 1.165) is 17.3 Å². The van der Waals surface area contributed by atoms with E-state index in [2.05, 4.69) is 48.2 Å². The average Bonchev–Trinajstić information content (AvgIpc) is 2.93. The third-order valence-corrected chi connectivity index (χ3v) is 6.49. The van der Waals surface area contributed by atoms with Gasteiger partial charge in [0.05, 0.1) is 23.4 Å². The second kappa shape index (κ2) is 11.1. The summed E-state index contributed by atoms with van der Waals surface area (Å²) in [6.45, 7) is 6.96. The van der Waals surface area contributed by atoms with Crippen LogP contribution in [-0.2, 0) is 29.5 Å². The van der Waals surface area contributed by atoms with E-state index < -0.39 is 11.7 Å². The molecule has 0 aliphatic rings. The average molecular weight is 543 g/mol. The highest BCUT2D eigenvalue weighted by atomic mass is 19.4. The standard InChI is InChI=1S/C32H29F3N4O/c1-31(2,3)23-12-14-24(15-13-23)37-30-25-16-11-22(29-26(32(33,34)35)10-7-17-36-29)18-27(25)38-28(39-30)20-40-19-21-8-5-4-6-9-21/h4-18H,19-20H2,1-3H3,(H,37,38,39). The molecular weight excluding hydrogens is 513 g/mol. The van der Waals surface area contributed by atoms with E-state index in [1.165, 1.54) is 17.8 Å². The Kier molecular flexibility index (Phi) is 7.54. The van der Waals surface area contributed by atoms with E-state index in [0.29, 0.717) is 34.7 Å². The lowest BCUT2D eigenvalue weighted by molar-refractivity contribution is -0.137. The van der Waals surface area contributed by atoms with E-state index in [-0.39, 0.29) is 17.7 Å². The zero-order valence-electron chi connectivity index (χ0n) is 22.5. The van der Waals surface area contributed by atoms with Crippen LogP contribution in [0.2, 0.25) is 0 Å². The molecule has 5 rings (SSSR count). The number of nitrogens with zero attached hydrogens (tertiary/aromatic N) is 3. The van der Waals surface area contributed by atoms with Crippen LogP contribution >= 0.6 is 0 Å². The molecule has 8 heteroatoms. The highest BCUT2D eigenvalue weighted by molar-refractivity contribution is 5.93. The van der Waals surface area contributed by atoms with Crippen molar-refractivity contribution >= 4 is 22.4 Å². The van der Waals surface area contributed by atoms with Crippen molar-refractivity contribution in [3.8, 4) is 11.3 Å². The molecule has 0 spiro atoms. The maximum atomic E-state index is 13.7. The minimum Gasteiger partial charge on any atom is -0.369 e. The maximum Gasteiger partial charge on any atom is 0.418 e. The Hall–Kier alpha value is -4.30. The Bertz CT molecular complexity index is 1610. The fourth-order valence-electron chi connectivity index (χ4n) is 4.37. The first-order valence-electron chi connectivity index (χ1n) is 12.9. The number of aromatic nitrogens is 3. The van der Waals surface area contributed by atoms with Gasteiger partial charge in [0.25, 0.3) is 0 Å². The quantitative estimate of drug-likeness (QED) is 0.224. The van der Waals surface area contributed by atoms with Crippen LogP contribution in [0.3, 0.4) is 0 Å². The van der Waals surface area contributed by atoms with Crippen molar-refractivity contribution in [3.05, 3.63) is 114 Å². The largest absolute Gasteiger partial charge is 0.418 e. The van der Waals surface area contributed by atoms with Gasteiger partial charge >= 0.3 is 6.18 Å². The van der Waals surface area contributed by atoms with Gasteiger partial charge in [-0.25, -0.2) is 9.97 Å². The Morgan fingerprint density at radius 1 is 0.800 bits per heavy atom. The second-order valence-corrected chi connectivity index (χ2v) is 10.5. The smallest absolute Gasteiger partial charge is 0.369 e. The predicted octanol–water partition coefficient (Wildman–Crippen LogP) is 8.47. The van der Waals surface area contributed by atoms with Crippen molar-refractivity contribution in [2.24, 2.45) is 0 Å². The van der Waals surface area contributed by atoms with Gasteiger partial charge in [0, 0.05) is 22.8 Å². The fourth-order valence-corrected chi connectivity index (χ4v) is 4.37. The molecule has 40 heavy (non-hydrogen) atoms. The van der Waals surface area contributed by atoms with Crippen molar-refractivity contribution in [1.82, 2.24) is 15.0 Å². The summed E-state index contributed by atoms with van der Waals surface area (Å²) >= 11 is 0. The Morgan fingerprint density at radius 3 is 2.25 bits per heavy atom. The first-order valence-corrected chi connectivity index (χ1v) is 12.9. The zero-order chi connectivity index (χ0) is 28.3. The molecule has 0 amide bonds. The maximum absolute atomic E-state index is 13.7. The third kappa shape index (κ3) is 6.29. The van der Waals surface area contributed by atoms with Crippen LogP contribution in [0, 0.1) is 0 Å². The summed E-state index contributed by atoms with van der Waals surface area (Å²) in [5.41, 5.74) is 2.91. The van der Waals surface area contributed by atoms with Gasteiger partial charge < -0.3 is 10.1 Å². The molecular formula is C32H29F3N4O. The molecule has 0 atom stereocenters. The SMILES string of the molecule is CC(C)(C)c1ccc(Nc2nc(COCc3ccccc3)nc3cc(-c4ncccc4C(F)(F)F)ccc23)cc1. The Labute approximate surface area is 231 Å². The van der Waals surface area contributed by atoms with Crippen LogP contribution < -0.4 is 5.32 Å². The molecule has 0 radical (unpaired) electrons. The summed E-state index contributed by atoms with van der Waals surface area (Å²) in [6, 6.07) is 25.1. The normalized spacial score (nSPS) is 12.1. The molecule has 0 aliphatic heterocycles. The molecule has 0 bridgehead atoms. The number of fused-ring (bicyclic) bond motifs is 1. The zero-order valence-corrected chi connectivity index (χ0v) is 22.5. The molecule has 2 heterocycles. The molecule has 0 saturated carbocycles. The van der Waals surface area contributed by atoms with E-state index >= 15 is 0 Å². The van der Waals surface area contributed by atoms with Crippen LogP contribution in [0.4, 0.5) is 24.7 Å². The van der Waals surface area contributed by atoms with Gasteiger partial charge in [-0.15, -0.1) is 0 Å². The molecule has 3 aromatic carbocycles. The van der Waals surface area contributed by atoms with Crippen LogP contribution in [0.1, 0.15) is 43.3 Å². The number of rotatable bonds is 7. The van der Waals surface area contributed by atoms with Crippen molar-refractivity contribution in [3.63, 3.8) is 0 Å². The molecule has 1 N–H and O–H groups in total. The van der Waals surface area contributed by atoms with Gasteiger partial charge in [0.2, 0.25) is 0 Å². The first kappa shape index (κ1) is 27.3. The molecule has 0 aliphatic carbocycles. The summed E-state index contributed by atoms with van der Waals surface area (Å²) in [4.78, 5) is 13.4. The number of anilines is 2. The van der Waals surface area contributed by atoms with Gasteiger partial charge in [-0.1, -0.05) is 69.3 Å². The summed E-state index contributed by atoms with van der Waals surface area (Å²) < 4.78 is 47.0. The molecule has 0 unspecified atom stereocenters. The minimum absolute atomic E-state index is 0.0144. The van der Waals surface area contributed by atoms with Gasteiger partial charge in [-0.05, 0) is 52.9 Å². The highest BCUT2D eigenvalue weighted by Gasteiger charge is 2.34. The molecule has 0 fully saturated rings. The lowest BCUT2D eigenvalue weighted by Crippen LogP contribution is -2.10. The van der Waals surface area contributed by atoms with Crippen molar-refractivity contribution < 1.29 is 17.9 Å². The minimum atomic E-state index is -4.54. The number of halogens is 3. The molecule has 5 aromatic rings. The molecule has 204 valence electrons. The lowest BCUT2D eigenvalue weighted by atomic mass is 9.87. The number of nitrogens with one attached hydrogen (secondary N) is 1. The van der Waals surface area contributed by atoms with Crippen molar-refractivity contribution in [1.29, 1.82) is 0 Å². The van der Waals surface area contributed by atoms with E-state index in [4.69, 9.17) is 9.72 Å². The Balaban J connectivity index is 1.52. The van der Waals surface area contributed by atoms with Gasteiger partial charge in [-0.3, -0.25) is 4.98 Å². The number of hydrogen-bond acceptors (Lipinski definition) is 5. The second-order valence-electron chi connectivity index (χ2n) is 10.5.